The summed E-state index contributed by atoms with van der Waals surface area (Å²) in [5, 5.41) is 13.0. The first-order chi connectivity index (χ1) is 11.7. The SMILES string of the molecule is Fc1cccc(Cn2nc(Br)c3c(Nc4ccsc4)cccc32)n1. The molecule has 7 heteroatoms. The number of nitrogens with one attached hydrogen (secondary N) is 1. The summed E-state index contributed by atoms with van der Waals surface area (Å²) in [5.74, 6) is -0.483. The topological polar surface area (TPSA) is 42.7 Å². The second-order valence-electron chi connectivity index (χ2n) is 5.24. The molecule has 4 rings (SSSR count). The van der Waals surface area contributed by atoms with Gasteiger partial charge in [-0.1, -0.05) is 12.1 Å². The molecular formula is C17H12BrFN4S. The normalized spacial score (nSPS) is 11.1. The van der Waals surface area contributed by atoms with Crippen LogP contribution in [-0.4, -0.2) is 14.8 Å². The van der Waals surface area contributed by atoms with Crippen molar-refractivity contribution in [3.63, 3.8) is 0 Å². The Balaban J connectivity index is 1.75. The highest BCUT2D eigenvalue weighted by Crippen LogP contribution is 2.33. The highest BCUT2D eigenvalue weighted by atomic mass is 79.9. The molecule has 0 radical (unpaired) electrons. The number of anilines is 2. The van der Waals surface area contributed by atoms with Gasteiger partial charge >= 0.3 is 0 Å². The van der Waals surface area contributed by atoms with Crippen LogP contribution in [0.25, 0.3) is 10.9 Å². The van der Waals surface area contributed by atoms with Gasteiger partial charge in [0, 0.05) is 11.1 Å². The minimum absolute atomic E-state index is 0.405. The lowest BCUT2D eigenvalue weighted by Crippen LogP contribution is -2.04. The molecule has 120 valence electrons. The Morgan fingerprint density at radius 1 is 1.17 bits per heavy atom. The first-order valence-corrected chi connectivity index (χ1v) is 9.00. The van der Waals surface area contributed by atoms with Crippen molar-refractivity contribution in [2.24, 2.45) is 0 Å². The Labute approximate surface area is 150 Å². The molecule has 3 heterocycles. The zero-order valence-corrected chi connectivity index (χ0v) is 14.8. The Kier molecular flexibility index (Phi) is 4.03. The van der Waals surface area contributed by atoms with E-state index in [1.54, 1.807) is 23.5 Å². The van der Waals surface area contributed by atoms with Crippen molar-refractivity contribution in [2.45, 2.75) is 6.54 Å². The molecule has 1 N–H and O–H groups in total. The lowest BCUT2D eigenvalue weighted by Gasteiger charge is -2.07. The highest BCUT2D eigenvalue weighted by Gasteiger charge is 2.13. The molecule has 0 saturated carbocycles. The van der Waals surface area contributed by atoms with Gasteiger partial charge in [0.05, 0.1) is 28.8 Å². The van der Waals surface area contributed by atoms with E-state index < -0.39 is 5.95 Å². The third kappa shape index (κ3) is 2.92. The van der Waals surface area contributed by atoms with Crippen LogP contribution in [0.3, 0.4) is 0 Å². The van der Waals surface area contributed by atoms with E-state index >= 15 is 0 Å². The van der Waals surface area contributed by atoms with Crippen LogP contribution in [0.4, 0.5) is 15.8 Å². The minimum Gasteiger partial charge on any atom is -0.354 e. The first-order valence-electron chi connectivity index (χ1n) is 7.26. The summed E-state index contributed by atoms with van der Waals surface area (Å²) in [6, 6.07) is 12.8. The summed E-state index contributed by atoms with van der Waals surface area (Å²) in [7, 11) is 0. The fourth-order valence-corrected chi connectivity index (χ4v) is 3.79. The standard InChI is InChI=1S/C17H12BrFN4S/c18-17-16-13(20-12-7-8-24-10-12)4-2-5-14(16)23(22-17)9-11-3-1-6-15(19)21-11/h1-8,10,20H,9H2. The molecule has 0 aliphatic carbocycles. The van der Waals surface area contributed by atoms with Gasteiger partial charge in [-0.05, 0) is 51.6 Å². The number of hydrogen-bond donors (Lipinski definition) is 1. The minimum atomic E-state index is -0.483. The smallest absolute Gasteiger partial charge is 0.213 e. The molecule has 0 bridgehead atoms. The molecule has 4 nitrogen and oxygen atoms in total. The number of benzene rings is 1. The predicted molar refractivity (Wildman–Crippen MR) is 98.3 cm³/mol. The summed E-state index contributed by atoms with van der Waals surface area (Å²) < 4.78 is 15.9. The molecule has 1 aromatic carbocycles. The Bertz CT molecular complexity index is 997. The zero-order chi connectivity index (χ0) is 16.5. The van der Waals surface area contributed by atoms with Crippen LogP contribution in [-0.2, 0) is 6.54 Å². The molecule has 0 aliphatic heterocycles. The largest absolute Gasteiger partial charge is 0.354 e. The lowest BCUT2D eigenvalue weighted by atomic mass is 10.2. The van der Waals surface area contributed by atoms with Gasteiger partial charge in [0.2, 0.25) is 5.95 Å². The van der Waals surface area contributed by atoms with Crippen molar-refractivity contribution in [1.29, 1.82) is 0 Å². The molecule has 4 aromatic rings. The quantitative estimate of drug-likeness (QED) is 0.477. The Morgan fingerprint density at radius 3 is 2.83 bits per heavy atom. The molecule has 0 fully saturated rings. The maximum absolute atomic E-state index is 13.3. The van der Waals surface area contributed by atoms with Crippen molar-refractivity contribution in [1.82, 2.24) is 14.8 Å². The summed E-state index contributed by atoms with van der Waals surface area (Å²) in [6.45, 7) is 0.405. The van der Waals surface area contributed by atoms with E-state index in [1.807, 2.05) is 39.7 Å². The molecule has 0 aliphatic rings. The van der Waals surface area contributed by atoms with Crippen molar-refractivity contribution >= 4 is 49.5 Å². The maximum Gasteiger partial charge on any atom is 0.213 e. The summed E-state index contributed by atoms with van der Waals surface area (Å²) in [5.41, 5.74) is 3.59. The molecule has 0 saturated heterocycles. The molecule has 3 aromatic heterocycles. The van der Waals surface area contributed by atoms with E-state index in [1.165, 1.54) is 6.07 Å². The number of thiophene rings is 1. The van der Waals surface area contributed by atoms with Crippen molar-refractivity contribution in [3.05, 3.63) is 69.5 Å². The average molecular weight is 403 g/mol. The van der Waals surface area contributed by atoms with E-state index in [0.717, 1.165) is 26.9 Å². The van der Waals surface area contributed by atoms with E-state index in [9.17, 15) is 4.39 Å². The maximum atomic E-state index is 13.3. The van der Waals surface area contributed by atoms with Gasteiger partial charge in [-0.25, -0.2) is 4.98 Å². The van der Waals surface area contributed by atoms with Gasteiger partial charge in [-0.15, -0.1) is 0 Å². The Morgan fingerprint density at radius 2 is 2.04 bits per heavy atom. The number of nitrogens with zero attached hydrogens (tertiary/aromatic N) is 3. The van der Waals surface area contributed by atoms with E-state index in [0.29, 0.717) is 12.2 Å². The number of fused-ring (bicyclic) bond motifs is 1. The number of hydrogen-bond acceptors (Lipinski definition) is 4. The summed E-state index contributed by atoms with van der Waals surface area (Å²) >= 11 is 5.17. The molecule has 0 spiro atoms. The third-order valence-electron chi connectivity index (χ3n) is 3.62. The summed E-state index contributed by atoms with van der Waals surface area (Å²) in [4.78, 5) is 3.91. The zero-order valence-electron chi connectivity index (χ0n) is 12.4. The third-order valence-corrected chi connectivity index (χ3v) is 4.86. The van der Waals surface area contributed by atoms with Gasteiger partial charge in [0.15, 0.2) is 0 Å². The van der Waals surface area contributed by atoms with Crippen molar-refractivity contribution in [3.8, 4) is 0 Å². The Hall–Kier alpha value is -2.25. The van der Waals surface area contributed by atoms with Gasteiger partial charge in [-0.3, -0.25) is 4.68 Å². The van der Waals surface area contributed by atoms with Crippen molar-refractivity contribution in [2.75, 3.05) is 5.32 Å². The average Bonchev–Trinajstić information content (AvgIpc) is 3.17. The lowest BCUT2D eigenvalue weighted by molar-refractivity contribution is 0.569. The van der Waals surface area contributed by atoms with E-state index in [4.69, 9.17) is 0 Å². The van der Waals surface area contributed by atoms with Crippen LogP contribution in [0.2, 0.25) is 0 Å². The first kappa shape index (κ1) is 15.3. The molecule has 0 unspecified atom stereocenters. The second kappa shape index (κ2) is 6.33. The summed E-state index contributed by atoms with van der Waals surface area (Å²) in [6.07, 6.45) is 0. The second-order valence-corrected chi connectivity index (χ2v) is 6.77. The van der Waals surface area contributed by atoms with Gasteiger partial charge in [0.25, 0.3) is 0 Å². The van der Waals surface area contributed by atoms with E-state index in [2.05, 4.69) is 31.3 Å². The fourth-order valence-electron chi connectivity index (χ4n) is 2.59. The molecule has 0 amide bonds. The number of pyridine rings is 1. The highest BCUT2D eigenvalue weighted by molar-refractivity contribution is 9.10. The molecule has 24 heavy (non-hydrogen) atoms. The monoisotopic (exact) mass is 402 g/mol. The van der Waals surface area contributed by atoms with Gasteiger partial charge < -0.3 is 5.32 Å². The van der Waals surface area contributed by atoms with Gasteiger partial charge in [0.1, 0.15) is 4.60 Å². The van der Waals surface area contributed by atoms with Crippen LogP contribution in [0.5, 0.6) is 0 Å². The molecular weight excluding hydrogens is 391 g/mol. The van der Waals surface area contributed by atoms with Crippen molar-refractivity contribution < 1.29 is 4.39 Å². The number of halogens is 2. The fraction of sp³-hybridized carbons (Fsp3) is 0.0588. The number of rotatable bonds is 4. The molecule has 0 atom stereocenters. The van der Waals surface area contributed by atoms with Crippen LogP contribution in [0.15, 0.2) is 57.8 Å². The van der Waals surface area contributed by atoms with Crippen LogP contribution < -0.4 is 5.32 Å². The van der Waals surface area contributed by atoms with Crippen LogP contribution in [0, 0.1) is 5.95 Å². The van der Waals surface area contributed by atoms with E-state index in [-0.39, 0.29) is 0 Å². The number of aromatic nitrogens is 3. The van der Waals surface area contributed by atoms with Crippen LogP contribution in [0.1, 0.15) is 5.69 Å². The predicted octanol–water partition coefficient (Wildman–Crippen LogP) is 5.19. The van der Waals surface area contributed by atoms with Crippen LogP contribution >= 0.6 is 27.3 Å². The van der Waals surface area contributed by atoms with Gasteiger partial charge in [-0.2, -0.15) is 20.8 Å².